The molecule has 0 radical (unpaired) electrons. The van der Waals surface area contributed by atoms with Gasteiger partial charge in [0.25, 0.3) is 0 Å². The molecule has 112 valence electrons. The van der Waals surface area contributed by atoms with Gasteiger partial charge in [-0.1, -0.05) is 80.9 Å². The third kappa shape index (κ3) is 3.36. The van der Waals surface area contributed by atoms with E-state index >= 15 is 0 Å². The Morgan fingerprint density at radius 3 is 1.67 bits per heavy atom. The lowest BCUT2D eigenvalue weighted by Gasteiger charge is -2.39. The summed E-state index contributed by atoms with van der Waals surface area (Å²) in [5.74, 6) is 0. The van der Waals surface area contributed by atoms with E-state index < -0.39 is 17.4 Å². The molecule has 0 bridgehead atoms. The maximum absolute atomic E-state index is 6.84. The lowest BCUT2D eigenvalue weighted by Crippen LogP contribution is -2.64. The Morgan fingerprint density at radius 1 is 0.905 bits per heavy atom. The van der Waals surface area contributed by atoms with Crippen LogP contribution in [-0.4, -0.2) is 17.4 Å². The molecule has 0 spiro atoms. The molecule has 0 saturated carbocycles. The number of hydrogen-bond acceptors (Lipinski definition) is 1. The first kappa shape index (κ1) is 16.2. The molecule has 0 fully saturated rings. The molecule has 1 atom stereocenters. The van der Waals surface area contributed by atoms with Gasteiger partial charge in [0.1, 0.15) is 0 Å². The van der Waals surface area contributed by atoms with E-state index in [1.165, 1.54) is 10.4 Å². The molecule has 1 unspecified atom stereocenters. The molecule has 0 aromatic heterocycles. The highest BCUT2D eigenvalue weighted by Crippen LogP contribution is 2.26. The lowest BCUT2D eigenvalue weighted by molar-refractivity contribution is 0.560. The lowest BCUT2D eigenvalue weighted by atomic mass is 10.3. The highest BCUT2D eigenvalue weighted by molar-refractivity contribution is 7.01. The van der Waals surface area contributed by atoms with Crippen LogP contribution in [0.5, 0.6) is 0 Å². The normalized spacial score (nSPS) is 13.4. The molecule has 0 saturated heterocycles. The minimum absolute atomic E-state index is 0.567. The van der Waals surface area contributed by atoms with E-state index in [1.54, 1.807) is 0 Å². The maximum atomic E-state index is 6.84. The van der Waals surface area contributed by atoms with E-state index in [-0.39, 0.29) is 0 Å². The molecule has 0 heterocycles. The summed E-state index contributed by atoms with van der Waals surface area (Å²) in [4.78, 5) is 0. The fraction of sp³-hybridized carbons (Fsp3) is 0.333. The van der Waals surface area contributed by atoms with E-state index in [2.05, 4.69) is 87.6 Å². The summed E-state index contributed by atoms with van der Waals surface area (Å²) in [5.41, 5.74) is 0.567. The molecule has 3 heteroatoms. The summed E-state index contributed by atoms with van der Waals surface area (Å²) in [7, 11) is -3.30. The topological polar surface area (TPSA) is 9.23 Å². The van der Waals surface area contributed by atoms with Crippen LogP contribution in [0.2, 0.25) is 18.6 Å². The Hall–Kier alpha value is -1.17. The van der Waals surface area contributed by atoms with Crippen molar-refractivity contribution in [2.24, 2.45) is 0 Å². The molecular weight excluding hydrogens is 288 g/mol. The van der Waals surface area contributed by atoms with Crippen LogP contribution in [0.15, 0.2) is 60.7 Å². The summed E-state index contributed by atoms with van der Waals surface area (Å²) < 4.78 is 6.84. The summed E-state index contributed by atoms with van der Waals surface area (Å²) >= 11 is 0. The zero-order chi connectivity index (χ0) is 15.3. The van der Waals surface area contributed by atoms with Gasteiger partial charge in [-0.3, -0.25) is 0 Å². The first-order chi connectivity index (χ1) is 10.1. The Morgan fingerprint density at radius 2 is 1.33 bits per heavy atom. The first-order valence-corrected chi connectivity index (χ1v) is 12.7. The minimum atomic E-state index is -2.15. The molecule has 0 aliphatic rings. The van der Waals surface area contributed by atoms with Gasteiger partial charge in [0.15, 0.2) is 9.04 Å². The maximum Gasteiger partial charge on any atom is 0.247 e. The van der Waals surface area contributed by atoms with Gasteiger partial charge >= 0.3 is 0 Å². The molecule has 0 N–H and O–H groups in total. The van der Waals surface area contributed by atoms with Gasteiger partial charge in [0.2, 0.25) is 8.32 Å². The zero-order valence-corrected chi connectivity index (χ0v) is 15.7. The minimum Gasteiger partial charge on any atom is -0.451 e. The van der Waals surface area contributed by atoms with Crippen LogP contribution in [0.1, 0.15) is 20.3 Å². The largest absolute Gasteiger partial charge is 0.451 e. The van der Waals surface area contributed by atoms with E-state index in [9.17, 15) is 0 Å². The summed E-state index contributed by atoms with van der Waals surface area (Å²) in [6.07, 6.45) is 1.15. The third-order valence-corrected chi connectivity index (χ3v) is 11.7. The van der Waals surface area contributed by atoms with Crippen LogP contribution in [0.4, 0.5) is 0 Å². The average molecular weight is 315 g/mol. The van der Waals surface area contributed by atoms with Crippen molar-refractivity contribution in [2.45, 2.75) is 38.9 Å². The Labute approximate surface area is 131 Å². The van der Waals surface area contributed by atoms with Gasteiger partial charge < -0.3 is 4.12 Å². The summed E-state index contributed by atoms with van der Waals surface area (Å²) in [5, 5.41) is 2.82. The van der Waals surface area contributed by atoms with Gasteiger partial charge in [0.05, 0.1) is 0 Å². The molecule has 0 aliphatic heterocycles. The van der Waals surface area contributed by atoms with Crippen LogP contribution in [-0.2, 0) is 4.12 Å². The van der Waals surface area contributed by atoms with Crippen molar-refractivity contribution < 1.29 is 4.12 Å². The van der Waals surface area contributed by atoms with Crippen molar-refractivity contribution in [1.82, 2.24) is 0 Å². The number of benzene rings is 2. The second-order valence-electron chi connectivity index (χ2n) is 5.94. The molecule has 2 aromatic carbocycles. The summed E-state index contributed by atoms with van der Waals surface area (Å²) in [6, 6.07) is 21.8. The van der Waals surface area contributed by atoms with Gasteiger partial charge in [-0.15, -0.1) is 0 Å². The summed E-state index contributed by atoms with van der Waals surface area (Å²) in [6.45, 7) is 9.22. The van der Waals surface area contributed by atoms with Crippen molar-refractivity contribution in [1.29, 1.82) is 0 Å². The molecule has 1 nitrogen and oxygen atoms in total. The van der Waals surface area contributed by atoms with Crippen molar-refractivity contribution in [3.05, 3.63) is 60.7 Å². The smallest absolute Gasteiger partial charge is 0.247 e. The second kappa shape index (κ2) is 7.20. The number of rotatable bonds is 6. The molecule has 0 aliphatic carbocycles. The predicted molar refractivity (Wildman–Crippen MR) is 97.6 cm³/mol. The molecule has 2 aromatic rings. The third-order valence-electron chi connectivity index (χ3n) is 4.13. The van der Waals surface area contributed by atoms with Crippen LogP contribution >= 0.6 is 0 Å². The van der Waals surface area contributed by atoms with Gasteiger partial charge in [-0.2, -0.15) is 0 Å². The molecule has 21 heavy (non-hydrogen) atoms. The predicted octanol–water partition coefficient (Wildman–Crippen LogP) is 3.55. The fourth-order valence-electron chi connectivity index (χ4n) is 3.02. The zero-order valence-electron chi connectivity index (χ0n) is 13.5. The van der Waals surface area contributed by atoms with E-state index in [4.69, 9.17) is 4.12 Å². The van der Waals surface area contributed by atoms with Crippen LogP contribution in [0, 0.1) is 0 Å². The molecule has 0 amide bonds. The molecule has 2 rings (SSSR count). The fourth-order valence-corrected chi connectivity index (χ4v) is 11.4. The SMILES string of the molecule is CCC(C)[Si](O[SiH](C)C)(c1ccccc1)c1ccccc1. The molecular formula is C18H26OSi2. The highest BCUT2D eigenvalue weighted by Gasteiger charge is 2.44. The standard InChI is InChI=1S/C18H26OSi2/c1-5-16(2)21(19-20(3)4,17-12-8-6-9-13-17)18-14-10-7-11-15-18/h6-16,20H,5H2,1-4H3. The van der Waals surface area contributed by atoms with E-state index in [0.717, 1.165) is 6.42 Å². The van der Waals surface area contributed by atoms with E-state index in [1.807, 2.05) is 0 Å². The van der Waals surface area contributed by atoms with Gasteiger partial charge in [0, 0.05) is 0 Å². The number of hydrogen-bond donors (Lipinski definition) is 0. The second-order valence-corrected chi connectivity index (χ2v) is 12.6. The quantitative estimate of drug-likeness (QED) is 0.741. The van der Waals surface area contributed by atoms with Crippen molar-refractivity contribution in [2.75, 3.05) is 0 Å². The van der Waals surface area contributed by atoms with Crippen LogP contribution in [0.25, 0.3) is 0 Å². The van der Waals surface area contributed by atoms with Crippen LogP contribution < -0.4 is 10.4 Å². The highest BCUT2D eigenvalue weighted by atomic mass is 28.4. The Kier molecular flexibility index (Phi) is 5.56. The Balaban J connectivity index is 2.65. The van der Waals surface area contributed by atoms with Crippen LogP contribution in [0.3, 0.4) is 0 Å². The first-order valence-electron chi connectivity index (χ1n) is 7.90. The Bertz CT molecular complexity index is 500. The average Bonchev–Trinajstić information content (AvgIpc) is 2.53. The van der Waals surface area contributed by atoms with Crippen molar-refractivity contribution in [3.63, 3.8) is 0 Å². The van der Waals surface area contributed by atoms with Gasteiger partial charge in [-0.05, 0) is 29.0 Å². The van der Waals surface area contributed by atoms with Crippen molar-refractivity contribution in [3.8, 4) is 0 Å². The van der Waals surface area contributed by atoms with E-state index in [0.29, 0.717) is 5.54 Å². The van der Waals surface area contributed by atoms with Crippen molar-refractivity contribution >= 4 is 27.7 Å². The monoisotopic (exact) mass is 314 g/mol. The van der Waals surface area contributed by atoms with Gasteiger partial charge in [-0.25, -0.2) is 0 Å².